The zero-order chi connectivity index (χ0) is 21.8. The van der Waals surface area contributed by atoms with Crippen molar-refractivity contribution < 1.29 is 9.53 Å². The first-order chi connectivity index (χ1) is 15.0. The van der Waals surface area contributed by atoms with Crippen molar-refractivity contribution in [3.8, 4) is 11.8 Å². The van der Waals surface area contributed by atoms with Gasteiger partial charge in [-0.2, -0.15) is 5.26 Å². The highest BCUT2D eigenvalue weighted by Gasteiger charge is 2.58. The Hall–Kier alpha value is -4.38. The van der Waals surface area contributed by atoms with E-state index in [0.29, 0.717) is 22.6 Å². The summed E-state index contributed by atoms with van der Waals surface area (Å²) in [5, 5.41) is 12.7. The average Bonchev–Trinajstić information content (AvgIpc) is 3.04. The second-order valence-corrected chi connectivity index (χ2v) is 7.44. The number of benzene rings is 1. The Balaban J connectivity index is 1.85. The van der Waals surface area contributed by atoms with Crippen LogP contribution in [0, 0.1) is 18.3 Å². The summed E-state index contributed by atoms with van der Waals surface area (Å²) in [7, 11) is 0. The van der Waals surface area contributed by atoms with Gasteiger partial charge >= 0.3 is 0 Å². The number of ether oxygens (including phenoxy) is 1. The van der Waals surface area contributed by atoms with Crippen LogP contribution >= 0.6 is 0 Å². The summed E-state index contributed by atoms with van der Waals surface area (Å²) < 4.78 is 7.20. The van der Waals surface area contributed by atoms with Gasteiger partial charge in [-0.05, 0) is 25.1 Å². The van der Waals surface area contributed by atoms with Crippen molar-refractivity contribution in [1.82, 2.24) is 9.55 Å². The molecule has 8 heteroatoms. The molecule has 31 heavy (non-hydrogen) atoms. The Morgan fingerprint density at radius 3 is 2.74 bits per heavy atom. The van der Waals surface area contributed by atoms with Crippen LogP contribution in [0.4, 0.5) is 5.69 Å². The number of nitrogens with zero attached hydrogens (tertiary/aromatic N) is 3. The van der Waals surface area contributed by atoms with E-state index in [0.717, 1.165) is 0 Å². The molecule has 2 aromatic heterocycles. The molecule has 1 aromatic carbocycles. The smallest absolute Gasteiger partial charge is 0.259 e. The molecule has 1 spiro atoms. The number of pyridine rings is 2. The van der Waals surface area contributed by atoms with Gasteiger partial charge in [0.05, 0.1) is 17.8 Å². The van der Waals surface area contributed by atoms with Crippen molar-refractivity contribution in [3.63, 3.8) is 0 Å². The van der Waals surface area contributed by atoms with Crippen LogP contribution in [0.3, 0.4) is 0 Å². The van der Waals surface area contributed by atoms with E-state index < -0.39 is 16.9 Å². The normalized spacial score (nSPS) is 18.8. The summed E-state index contributed by atoms with van der Waals surface area (Å²) in [5.41, 5.74) is 6.25. The Kier molecular flexibility index (Phi) is 3.95. The largest absolute Gasteiger partial charge is 0.440 e. The van der Waals surface area contributed by atoms with Crippen molar-refractivity contribution >= 4 is 11.6 Å². The lowest BCUT2D eigenvalue weighted by Gasteiger charge is -2.33. The molecule has 0 fully saturated rings. The number of hydrogen-bond acceptors (Lipinski definition) is 6. The van der Waals surface area contributed by atoms with Gasteiger partial charge in [0, 0.05) is 29.2 Å². The van der Waals surface area contributed by atoms with Gasteiger partial charge in [-0.25, -0.2) is 0 Å². The molecular formula is C23H17N5O3. The predicted octanol–water partition coefficient (Wildman–Crippen LogP) is 1.92. The third kappa shape index (κ3) is 2.43. The van der Waals surface area contributed by atoms with E-state index in [1.54, 1.807) is 49.5 Å². The maximum absolute atomic E-state index is 13.8. The molecule has 4 heterocycles. The van der Waals surface area contributed by atoms with Crippen LogP contribution in [0.1, 0.15) is 22.5 Å². The van der Waals surface area contributed by atoms with Gasteiger partial charge in [-0.3, -0.25) is 14.6 Å². The van der Waals surface area contributed by atoms with Gasteiger partial charge < -0.3 is 20.4 Å². The molecule has 2 aliphatic heterocycles. The standard InChI is InChI=1S/C23H17N5O3/c1-13-10-18-19(21(29)28(13)12-14-6-4-5-9-26-14)23(16(11-24)20(25)31-18)15-7-2-3-8-17(15)27-22(23)30/h2-10H,12,25H2,1H3,(H,27,30). The minimum absolute atomic E-state index is 0.0715. The molecule has 0 aliphatic carbocycles. The van der Waals surface area contributed by atoms with Crippen LogP contribution in [-0.2, 0) is 16.8 Å². The third-order valence-corrected chi connectivity index (χ3v) is 5.77. The molecule has 2 aliphatic rings. The number of anilines is 1. The summed E-state index contributed by atoms with van der Waals surface area (Å²) in [5.74, 6) is -0.533. The number of rotatable bonds is 2. The Morgan fingerprint density at radius 2 is 2.00 bits per heavy atom. The number of fused-ring (bicyclic) bond motifs is 4. The van der Waals surface area contributed by atoms with E-state index in [9.17, 15) is 14.9 Å². The number of amides is 1. The number of nitrogens with one attached hydrogen (secondary N) is 1. The Morgan fingerprint density at radius 1 is 1.23 bits per heavy atom. The predicted molar refractivity (Wildman–Crippen MR) is 112 cm³/mol. The van der Waals surface area contributed by atoms with Crippen LogP contribution in [0.15, 0.2) is 71.0 Å². The van der Waals surface area contributed by atoms with Gasteiger partial charge in [-0.15, -0.1) is 0 Å². The molecule has 1 atom stereocenters. The number of hydrogen-bond donors (Lipinski definition) is 2. The van der Waals surface area contributed by atoms with Crippen LogP contribution in [0.2, 0.25) is 0 Å². The summed E-state index contributed by atoms with van der Waals surface area (Å²) >= 11 is 0. The molecule has 0 bridgehead atoms. The fourth-order valence-corrected chi connectivity index (χ4v) is 4.39. The maximum atomic E-state index is 13.8. The quantitative estimate of drug-likeness (QED) is 0.664. The van der Waals surface area contributed by atoms with Gasteiger partial charge in [-0.1, -0.05) is 24.3 Å². The zero-order valence-corrected chi connectivity index (χ0v) is 16.5. The lowest BCUT2D eigenvalue weighted by Crippen LogP contribution is -2.47. The minimum Gasteiger partial charge on any atom is -0.440 e. The minimum atomic E-state index is -1.68. The Bertz CT molecular complexity index is 1380. The van der Waals surface area contributed by atoms with Crippen LogP contribution < -0.4 is 21.3 Å². The molecule has 3 N–H and O–H groups in total. The molecule has 5 rings (SSSR count). The average molecular weight is 411 g/mol. The number of carbonyl (C=O) groups is 1. The molecule has 152 valence electrons. The van der Waals surface area contributed by atoms with Crippen LogP contribution in [0.25, 0.3) is 0 Å². The number of carbonyl (C=O) groups excluding carboxylic acids is 1. The first-order valence-corrected chi connectivity index (χ1v) is 9.62. The van der Waals surface area contributed by atoms with Crippen molar-refractivity contribution in [1.29, 1.82) is 5.26 Å². The summed E-state index contributed by atoms with van der Waals surface area (Å²) in [6, 6.07) is 16.1. The van der Waals surface area contributed by atoms with Crippen molar-refractivity contribution in [2.75, 3.05) is 5.32 Å². The van der Waals surface area contributed by atoms with Crippen molar-refractivity contribution in [3.05, 3.63) is 99.1 Å². The zero-order valence-electron chi connectivity index (χ0n) is 16.5. The SMILES string of the molecule is Cc1cc2c(c(=O)n1Cc1ccccn1)C1(C(=O)Nc3ccccc31)C(C#N)=C(N)O2. The molecule has 3 aromatic rings. The maximum Gasteiger partial charge on any atom is 0.259 e. The van der Waals surface area contributed by atoms with Crippen LogP contribution in [0.5, 0.6) is 5.75 Å². The fraction of sp³-hybridized carbons (Fsp3) is 0.130. The number of aryl methyl sites for hydroxylation is 1. The lowest BCUT2D eigenvalue weighted by atomic mass is 9.69. The van der Waals surface area contributed by atoms with Crippen LogP contribution in [-0.4, -0.2) is 15.5 Å². The second-order valence-electron chi connectivity index (χ2n) is 7.44. The lowest BCUT2D eigenvalue weighted by molar-refractivity contribution is -0.118. The highest BCUT2D eigenvalue weighted by molar-refractivity contribution is 6.12. The number of nitriles is 1. The third-order valence-electron chi connectivity index (χ3n) is 5.77. The highest BCUT2D eigenvalue weighted by atomic mass is 16.5. The number of aromatic nitrogens is 2. The Labute approximate surface area is 177 Å². The number of para-hydroxylation sites is 1. The number of nitrogens with two attached hydrogens (primary N) is 1. The van der Waals surface area contributed by atoms with Gasteiger partial charge in [0.2, 0.25) is 11.8 Å². The topological polar surface area (TPSA) is 123 Å². The summed E-state index contributed by atoms with van der Waals surface area (Å²) in [6.45, 7) is 1.97. The summed E-state index contributed by atoms with van der Waals surface area (Å²) in [4.78, 5) is 31.5. The monoisotopic (exact) mass is 411 g/mol. The van der Waals surface area contributed by atoms with Crippen molar-refractivity contribution in [2.45, 2.75) is 18.9 Å². The van der Waals surface area contributed by atoms with E-state index in [1.165, 1.54) is 4.57 Å². The van der Waals surface area contributed by atoms with E-state index in [4.69, 9.17) is 10.5 Å². The molecule has 8 nitrogen and oxygen atoms in total. The van der Waals surface area contributed by atoms with E-state index in [-0.39, 0.29) is 29.3 Å². The first-order valence-electron chi connectivity index (χ1n) is 9.62. The molecule has 0 saturated carbocycles. The second kappa shape index (κ2) is 6.57. The van der Waals surface area contributed by atoms with Crippen molar-refractivity contribution in [2.24, 2.45) is 5.73 Å². The molecule has 1 amide bonds. The fourth-order valence-electron chi connectivity index (χ4n) is 4.39. The van der Waals surface area contributed by atoms with Gasteiger partial charge in [0.15, 0.2) is 5.41 Å². The highest BCUT2D eigenvalue weighted by Crippen LogP contribution is 2.51. The molecule has 0 radical (unpaired) electrons. The van der Waals surface area contributed by atoms with E-state index in [2.05, 4.69) is 10.3 Å². The molecular weight excluding hydrogens is 394 g/mol. The van der Waals surface area contributed by atoms with E-state index >= 15 is 0 Å². The van der Waals surface area contributed by atoms with E-state index in [1.807, 2.05) is 18.2 Å². The molecule has 1 unspecified atom stereocenters. The van der Waals surface area contributed by atoms with Gasteiger partial charge in [0.25, 0.3) is 5.56 Å². The molecule has 0 saturated heterocycles. The summed E-state index contributed by atoms with van der Waals surface area (Å²) in [6.07, 6.45) is 1.65. The first kappa shape index (κ1) is 18.6. The van der Waals surface area contributed by atoms with Gasteiger partial charge in [0.1, 0.15) is 17.4 Å².